The van der Waals surface area contributed by atoms with E-state index >= 15 is 0 Å². The first-order valence-electron chi connectivity index (χ1n) is 9.86. The molecule has 4 N–H and O–H groups in total. The number of nitrogens with one attached hydrogen (secondary N) is 1. The predicted octanol–water partition coefficient (Wildman–Crippen LogP) is 2.69. The van der Waals surface area contributed by atoms with Crippen LogP contribution in [0.3, 0.4) is 0 Å². The van der Waals surface area contributed by atoms with Gasteiger partial charge in [0.2, 0.25) is 12.7 Å². The van der Waals surface area contributed by atoms with Gasteiger partial charge in [-0.3, -0.25) is 0 Å². The monoisotopic (exact) mass is 457 g/mol. The molecule has 0 bridgehead atoms. The predicted molar refractivity (Wildman–Crippen MR) is 117 cm³/mol. The highest BCUT2D eigenvalue weighted by Crippen LogP contribution is 2.36. The maximum atomic E-state index is 9.81. The minimum Gasteiger partial charge on any atom is -0.504 e. The fourth-order valence-electron chi connectivity index (χ4n) is 3.02. The van der Waals surface area contributed by atoms with Gasteiger partial charge < -0.3 is 39.4 Å². The first kappa shape index (κ1) is 23.3. The highest BCUT2D eigenvalue weighted by molar-refractivity contribution is 6.27. The second-order valence-electron chi connectivity index (χ2n) is 6.79. The minimum absolute atomic E-state index is 0.141. The zero-order chi connectivity index (χ0) is 24.0. The fourth-order valence-corrected chi connectivity index (χ4v) is 3.02. The first-order chi connectivity index (χ1) is 15.8. The molecule has 1 aliphatic rings. The van der Waals surface area contributed by atoms with Crippen LogP contribution in [0.5, 0.6) is 23.0 Å². The summed E-state index contributed by atoms with van der Waals surface area (Å²) in [4.78, 5) is 22.7. The van der Waals surface area contributed by atoms with E-state index in [2.05, 4.69) is 10.3 Å². The second-order valence-corrected chi connectivity index (χ2v) is 6.79. The molecule has 11 heteroatoms. The molecule has 0 spiro atoms. The minimum atomic E-state index is -1.82. The van der Waals surface area contributed by atoms with E-state index in [1.807, 2.05) is 55.1 Å². The molecular weight excluding hydrogens is 434 g/mol. The van der Waals surface area contributed by atoms with Crippen molar-refractivity contribution in [2.45, 2.75) is 13.5 Å². The average molecular weight is 457 g/mol. The molecule has 0 radical (unpaired) electrons. The number of carbonyl (C=O) groups is 2. The van der Waals surface area contributed by atoms with Gasteiger partial charge in [0.1, 0.15) is 0 Å². The number of nitrogens with zero attached hydrogens (tertiary/aromatic N) is 2. The van der Waals surface area contributed by atoms with Gasteiger partial charge in [0.05, 0.1) is 18.5 Å². The zero-order valence-corrected chi connectivity index (χ0v) is 17.9. The highest BCUT2D eigenvalue weighted by atomic mass is 16.7. The fraction of sp³-hybridized carbons (Fsp3) is 0.227. The summed E-state index contributed by atoms with van der Waals surface area (Å²) < 4.78 is 18.2. The molecule has 0 saturated heterocycles. The number of hydrogen-bond donors (Lipinski definition) is 4. The quantitative estimate of drug-likeness (QED) is 0.406. The lowest BCUT2D eigenvalue weighted by Gasteiger charge is -2.11. The molecule has 2 heterocycles. The normalized spacial score (nSPS) is 11.3. The Labute approximate surface area is 188 Å². The Hall–Kier alpha value is -4.41. The lowest BCUT2D eigenvalue weighted by atomic mass is 10.1. The summed E-state index contributed by atoms with van der Waals surface area (Å²) in [7, 11) is 1.96. The van der Waals surface area contributed by atoms with Crippen molar-refractivity contribution in [3.05, 3.63) is 48.2 Å². The van der Waals surface area contributed by atoms with Crippen LogP contribution in [-0.2, 0) is 23.2 Å². The molecule has 0 unspecified atom stereocenters. The zero-order valence-electron chi connectivity index (χ0n) is 17.9. The van der Waals surface area contributed by atoms with E-state index in [4.69, 9.17) is 34.0 Å². The summed E-state index contributed by atoms with van der Waals surface area (Å²) in [6.45, 7) is 3.21. The number of benzene rings is 2. The number of aliphatic carboxylic acids is 2. The maximum absolute atomic E-state index is 9.81. The molecule has 0 saturated carbocycles. The van der Waals surface area contributed by atoms with Crippen LogP contribution in [0.2, 0.25) is 0 Å². The van der Waals surface area contributed by atoms with Crippen molar-refractivity contribution in [3.8, 4) is 34.3 Å². The SMILES string of the molecule is CCOc1cc(CNc2ncc(-c3ccc4c(c3)OCO4)n2C)ccc1O.O=C(O)C(=O)O. The number of aromatic nitrogens is 2. The number of phenols is 1. The molecule has 0 amide bonds. The summed E-state index contributed by atoms with van der Waals surface area (Å²) in [5.41, 5.74) is 2.96. The number of hydrogen-bond acceptors (Lipinski definition) is 8. The van der Waals surface area contributed by atoms with E-state index in [1.54, 1.807) is 6.07 Å². The van der Waals surface area contributed by atoms with Crippen molar-refractivity contribution in [1.82, 2.24) is 9.55 Å². The smallest absolute Gasteiger partial charge is 0.414 e. The molecule has 11 nitrogen and oxygen atoms in total. The number of fused-ring (bicyclic) bond motifs is 1. The Kier molecular flexibility index (Phi) is 7.24. The molecule has 4 rings (SSSR count). The lowest BCUT2D eigenvalue weighted by molar-refractivity contribution is -0.159. The van der Waals surface area contributed by atoms with Gasteiger partial charge in [0.15, 0.2) is 23.0 Å². The van der Waals surface area contributed by atoms with Gasteiger partial charge in [-0.1, -0.05) is 6.07 Å². The van der Waals surface area contributed by atoms with Crippen LogP contribution in [-0.4, -0.2) is 50.2 Å². The Balaban J connectivity index is 0.000000454. The van der Waals surface area contributed by atoms with Crippen molar-refractivity contribution in [1.29, 1.82) is 0 Å². The standard InChI is InChI=1S/C20H21N3O4.C2H2O4/c1-3-25-18-8-13(4-6-16(18)24)10-21-20-22-11-15(23(20)2)14-5-7-17-19(9-14)27-12-26-17;3-1(4)2(5)6/h4-9,11,24H,3,10,12H2,1-2H3,(H,21,22);(H,3,4)(H,5,6). The van der Waals surface area contributed by atoms with Gasteiger partial charge in [0, 0.05) is 19.2 Å². The van der Waals surface area contributed by atoms with Crippen LogP contribution in [0.15, 0.2) is 42.6 Å². The molecule has 174 valence electrons. The molecule has 1 aliphatic heterocycles. The number of aromatic hydroxyl groups is 1. The largest absolute Gasteiger partial charge is 0.504 e. The second kappa shape index (κ2) is 10.3. The van der Waals surface area contributed by atoms with Gasteiger partial charge in [-0.2, -0.15) is 0 Å². The molecule has 1 aromatic heterocycles. The third kappa shape index (κ3) is 5.64. The van der Waals surface area contributed by atoms with E-state index in [0.29, 0.717) is 18.9 Å². The number of carboxylic acid groups (broad SMARTS) is 2. The van der Waals surface area contributed by atoms with E-state index in [1.165, 1.54) is 0 Å². The molecule has 0 fully saturated rings. The molecule has 2 aromatic carbocycles. The van der Waals surface area contributed by atoms with Crippen molar-refractivity contribution >= 4 is 17.9 Å². The molecular formula is C22H23N3O8. The number of phenolic OH excluding ortho intramolecular Hbond substituents is 1. The maximum Gasteiger partial charge on any atom is 0.414 e. The van der Waals surface area contributed by atoms with Crippen molar-refractivity contribution in [3.63, 3.8) is 0 Å². The van der Waals surface area contributed by atoms with Gasteiger partial charge in [0.25, 0.3) is 0 Å². The van der Waals surface area contributed by atoms with E-state index in [-0.39, 0.29) is 12.5 Å². The Morgan fingerprint density at radius 2 is 1.85 bits per heavy atom. The number of carboxylic acids is 2. The number of imidazole rings is 1. The summed E-state index contributed by atoms with van der Waals surface area (Å²) in [5, 5.41) is 27.9. The summed E-state index contributed by atoms with van der Waals surface area (Å²) in [6, 6.07) is 11.2. The molecule has 33 heavy (non-hydrogen) atoms. The van der Waals surface area contributed by atoms with Crippen LogP contribution >= 0.6 is 0 Å². The summed E-state index contributed by atoms with van der Waals surface area (Å²) >= 11 is 0. The molecule has 0 atom stereocenters. The van der Waals surface area contributed by atoms with Crippen molar-refractivity contribution in [2.24, 2.45) is 7.05 Å². The van der Waals surface area contributed by atoms with Crippen molar-refractivity contribution in [2.75, 3.05) is 18.7 Å². The number of rotatable bonds is 6. The summed E-state index contributed by atoms with van der Waals surface area (Å²) in [6.07, 6.45) is 1.82. The van der Waals surface area contributed by atoms with Gasteiger partial charge >= 0.3 is 11.9 Å². The van der Waals surface area contributed by atoms with Gasteiger partial charge in [-0.05, 0) is 42.8 Å². The third-order valence-corrected chi connectivity index (χ3v) is 4.61. The van der Waals surface area contributed by atoms with Crippen LogP contribution in [0.1, 0.15) is 12.5 Å². The van der Waals surface area contributed by atoms with Crippen molar-refractivity contribution < 1.29 is 39.1 Å². The van der Waals surface area contributed by atoms with Crippen LogP contribution < -0.4 is 19.5 Å². The Bertz CT molecular complexity index is 1150. The first-order valence-corrected chi connectivity index (χ1v) is 9.86. The van der Waals surface area contributed by atoms with Gasteiger partial charge in [-0.25, -0.2) is 14.6 Å². The van der Waals surface area contributed by atoms with Gasteiger partial charge in [-0.15, -0.1) is 0 Å². The highest BCUT2D eigenvalue weighted by Gasteiger charge is 2.16. The van der Waals surface area contributed by atoms with E-state index in [9.17, 15) is 5.11 Å². The number of ether oxygens (including phenoxy) is 3. The lowest BCUT2D eigenvalue weighted by Crippen LogP contribution is -2.09. The molecule has 3 aromatic rings. The van der Waals surface area contributed by atoms with E-state index < -0.39 is 11.9 Å². The van der Waals surface area contributed by atoms with Crippen LogP contribution in [0, 0.1) is 0 Å². The average Bonchev–Trinajstić information content (AvgIpc) is 3.40. The van der Waals surface area contributed by atoms with Crippen LogP contribution in [0.25, 0.3) is 11.3 Å². The van der Waals surface area contributed by atoms with E-state index in [0.717, 1.165) is 34.3 Å². The van der Waals surface area contributed by atoms with Crippen LogP contribution in [0.4, 0.5) is 5.95 Å². The topological polar surface area (TPSA) is 152 Å². The third-order valence-electron chi connectivity index (χ3n) is 4.61. The number of anilines is 1. The Morgan fingerprint density at radius 1 is 1.12 bits per heavy atom. The molecule has 0 aliphatic carbocycles. The summed E-state index contributed by atoms with van der Waals surface area (Å²) in [5.74, 6) is -0.772. The Morgan fingerprint density at radius 3 is 2.55 bits per heavy atom.